The van der Waals surface area contributed by atoms with Crippen LogP contribution in [0.4, 0.5) is 11.6 Å². The summed E-state index contributed by atoms with van der Waals surface area (Å²) in [5.74, 6) is -0.0817. The number of nitrogens with zero attached hydrogens (tertiary/aromatic N) is 3. The molecule has 4 rings (SSSR count). The molecular weight excluding hydrogens is 475 g/mol. The van der Waals surface area contributed by atoms with Gasteiger partial charge in [0.05, 0.1) is 27.1 Å². The van der Waals surface area contributed by atoms with Gasteiger partial charge in [-0.3, -0.25) is 4.79 Å². The lowest BCUT2D eigenvalue weighted by Gasteiger charge is -2.26. The van der Waals surface area contributed by atoms with Gasteiger partial charge in [0, 0.05) is 24.3 Å². The summed E-state index contributed by atoms with van der Waals surface area (Å²) in [6, 6.07) is 13.5. The molecule has 11 heteroatoms. The van der Waals surface area contributed by atoms with Crippen LogP contribution in [0, 0.1) is 11.3 Å². The highest BCUT2D eigenvalue weighted by Gasteiger charge is 2.26. The first-order valence-corrected chi connectivity index (χ1v) is 12.1. The Hall–Kier alpha value is -3.06. The largest absolute Gasteiger partial charge is 0.419 e. The smallest absolute Gasteiger partial charge is 0.253 e. The molecule has 0 aliphatic carbocycles. The molecule has 1 saturated heterocycles. The minimum atomic E-state index is -3.07. The zero-order chi connectivity index (χ0) is 22.9. The summed E-state index contributed by atoms with van der Waals surface area (Å²) < 4.78 is 28.8. The molecule has 164 valence electrons. The summed E-state index contributed by atoms with van der Waals surface area (Å²) in [5.41, 5.74) is 1.39. The van der Waals surface area contributed by atoms with Crippen molar-refractivity contribution in [2.75, 3.05) is 29.9 Å². The summed E-state index contributed by atoms with van der Waals surface area (Å²) in [4.78, 5) is 18.3. The monoisotopic (exact) mass is 490 g/mol. The average molecular weight is 491 g/mol. The van der Waals surface area contributed by atoms with Gasteiger partial charge in [-0.25, -0.2) is 8.42 Å². The van der Waals surface area contributed by atoms with Crippen LogP contribution >= 0.6 is 23.2 Å². The zero-order valence-electron chi connectivity index (χ0n) is 16.5. The standard InChI is InChI=1S/C21H16Cl2N4O4S/c22-15-2-1-3-16(23)18(15)20-26-17(12-24)19(31-20)25-14-6-4-13(5-7-14)21(28)27-8-10-32(29,30)11-9-27/h1-7,25H,8-11H2. The first-order chi connectivity index (χ1) is 15.3. The Morgan fingerprint density at radius 3 is 2.31 bits per heavy atom. The highest BCUT2D eigenvalue weighted by molar-refractivity contribution is 7.91. The second-order valence-electron chi connectivity index (χ2n) is 7.05. The third-order valence-electron chi connectivity index (χ3n) is 4.93. The molecule has 2 heterocycles. The van der Waals surface area contributed by atoms with Crippen molar-refractivity contribution < 1.29 is 17.6 Å². The molecule has 8 nitrogen and oxygen atoms in total. The van der Waals surface area contributed by atoms with Crippen LogP contribution < -0.4 is 5.32 Å². The predicted molar refractivity (Wildman–Crippen MR) is 121 cm³/mol. The second-order valence-corrected chi connectivity index (χ2v) is 10.2. The van der Waals surface area contributed by atoms with E-state index in [4.69, 9.17) is 27.6 Å². The summed E-state index contributed by atoms with van der Waals surface area (Å²) in [6.07, 6.45) is 0. The van der Waals surface area contributed by atoms with Crippen molar-refractivity contribution in [3.63, 3.8) is 0 Å². The van der Waals surface area contributed by atoms with Crippen LogP contribution in [0.1, 0.15) is 16.1 Å². The third kappa shape index (κ3) is 4.58. The Morgan fingerprint density at radius 2 is 1.72 bits per heavy atom. The molecule has 0 bridgehead atoms. The molecule has 0 atom stereocenters. The van der Waals surface area contributed by atoms with Gasteiger partial charge in [-0.05, 0) is 36.4 Å². The number of hydrogen-bond acceptors (Lipinski definition) is 7. The molecule has 1 aliphatic rings. The number of amides is 1. The molecule has 1 fully saturated rings. The Balaban J connectivity index is 1.52. The number of nitriles is 1. The van der Waals surface area contributed by atoms with Crippen molar-refractivity contribution in [2.45, 2.75) is 0 Å². The molecule has 1 aromatic heterocycles. The van der Waals surface area contributed by atoms with Gasteiger partial charge in [0.1, 0.15) is 6.07 Å². The highest BCUT2D eigenvalue weighted by Crippen LogP contribution is 2.36. The SMILES string of the molecule is N#Cc1nc(-c2c(Cl)cccc2Cl)oc1Nc1ccc(C(=O)N2CCS(=O)(=O)CC2)cc1. The van der Waals surface area contributed by atoms with Gasteiger partial charge >= 0.3 is 0 Å². The molecule has 1 N–H and O–H groups in total. The molecule has 3 aromatic rings. The predicted octanol–water partition coefficient (Wildman–Crippen LogP) is 4.13. The van der Waals surface area contributed by atoms with E-state index in [0.717, 1.165) is 0 Å². The van der Waals surface area contributed by atoms with Crippen LogP contribution in [0.3, 0.4) is 0 Å². The molecule has 0 spiro atoms. The molecule has 0 radical (unpaired) electrons. The number of nitrogens with one attached hydrogen (secondary N) is 1. The van der Waals surface area contributed by atoms with E-state index >= 15 is 0 Å². The maximum absolute atomic E-state index is 12.6. The third-order valence-corrected chi connectivity index (χ3v) is 7.17. The first-order valence-electron chi connectivity index (χ1n) is 9.49. The van der Waals surface area contributed by atoms with Crippen LogP contribution in [0.5, 0.6) is 0 Å². The van der Waals surface area contributed by atoms with Crippen LogP contribution in [0.25, 0.3) is 11.5 Å². The molecule has 2 aromatic carbocycles. The first kappa shape index (κ1) is 22.1. The lowest BCUT2D eigenvalue weighted by atomic mass is 10.1. The maximum Gasteiger partial charge on any atom is 0.253 e. The van der Waals surface area contributed by atoms with Gasteiger partial charge < -0.3 is 14.6 Å². The quantitative estimate of drug-likeness (QED) is 0.583. The van der Waals surface area contributed by atoms with Crippen molar-refractivity contribution in [2.24, 2.45) is 0 Å². The minimum Gasteiger partial charge on any atom is -0.419 e. The fourth-order valence-electron chi connectivity index (χ4n) is 3.22. The van der Waals surface area contributed by atoms with E-state index in [1.807, 2.05) is 6.07 Å². The van der Waals surface area contributed by atoms with Crippen molar-refractivity contribution >= 4 is 50.5 Å². The molecule has 32 heavy (non-hydrogen) atoms. The topological polar surface area (TPSA) is 116 Å². The van der Waals surface area contributed by atoms with Crippen LogP contribution in [0.2, 0.25) is 10.0 Å². The number of carbonyl (C=O) groups excluding carboxylic acids is 1. The number of aromatic nitrogens is 1. The normalized spacial score (nSPS) is 15.2. The number of carbonyl (C=O) groups is 1. The van der Waals surface area contributed by atoms with Gasteiger partial charge in [-0.2, -0.15) is 10.2 Å². The Morgan fingerprint density at radius 1 is 1.09 bits per heavy atom. The Bertz CT molecular complexity index is 1300. The van der Waals surface area contributed by atoms with Crippen molar-refractivity contribution in [1.82, 2.24) is 9.88 Å². The molecule has 0 saturated carbocycles. The van der Waals surface area contributed by atoms with E-state index in [-0.39, 0.29) is 48.0 Å². The second kappa shape index (κ2) is 8.82. The maximum atomic E-state index is 12.6. The van der Waals surface area contributed by atoms with E-state index < -0.39 is 9.84 Å². The van der Waals surface area contributed by atoms with E-state index in [9.17, 15) is 18.5 Å². The van der Waals surface area contributed by atoms with E-state index in [0.29, 0.717) is 26.9 Å². The van der Waals surface area contributed by atoms with Gasteiger partial charge in [0.2, 0.25) is 17.5 Å². The molecule has 1 aliphatic heterocycles. The van der Waals surface area contributed by atoms with Crippen LogP contribution in [0.15, 0.2) is 46.9 Å². The Labute approximate surface area is 194 Å². The molecule has 1 amide bonds. The van der Waals surface area contributed by atoms with Crippen molar-refractivity contribution in [1.29, 1.82) is 5.26 Å². The van der Waals surface area contributed by atoms with Crippen LogP contribution in [-0.4, -0.2) is 48.8 Å². The van der Waals surface area contributed by atoms with Crippen LogP contribution in [-0.2, 0) is 9.84 Å². The summed E-state index contributed by atoms with van der Waals surface area (Å²) in [7, 11) is -3.07. The summed E-state index contributed by atoms with van der Waals surface area (Å²) in [6.45, 7) is 0.357. The van der Waals surface area contributed by atoms with E-state index in [1.54, 1.807) is 42.5 Å². The Kier molecular flexibility index (Phi) is 6.11. The van der Waals surface area contributed by atoms with Gasteiger partial charge in [-0.1, -0.05) is 29.3 Å². The lowest BCUT2D eigenvalue weighted by Crippen LogP contribution is -2.43. The number of hydrogen-bond donors (Lipinski definition) is 1. The fraction of sp³-hybridized carbons (Fsp3) is 0.190. The lowest BCUT2D eigenvalue weighted by molar-refractivity contribution is 0.0770. The number of oxazole rings is 1. The van der Waals surface area contributed by atoms with Gasteiger partial charge in [0.15, 0.2) is 9.84 Å². The minimum absolute atomic E-state index is 0.0191. The summed E-state index contributed by atoms with van der Waals surface area (Å²) in [5, 5.41) is 13.1. The average Bonchev–Trinajstić information content (AvgIpc) is 3.16. The molecular formula is C21H16Cl2N4O4S. The number of sulfone groups is 1. The van der Waals surface area contributed by atoms with E-state index in [2.05, 4.69) is 10.3 Å². The van der Waals surface area contributed by atoms with E-state index in [1.165, 1.54) is 4.90 Å². The number of benzene rings is 2. The fourth-order valence-corrected chi connectivity index (χ4v) is 4.98. The highest BCUT2D eigenvalue weighted by atomic mass is 35.5. The summed E-state index contributed by atoms with van der Waals surface area (Å²) >= 11 is 12.4. The van der Waals surface area contributed by atoms with Gasteiger partial charge in [-0.15, -0.1) is 0 Å². The number of rotatable bonds is 4. The van der Waals surface area contributed by atoms with Crippen molar-refractivity contribution in [3.8, 4) is 17.5 Å². The van der Waals surface area contributed by atoms with Gasteiger partial charge in [0.25, 0.3) is 5.91 Å². The van der Waals surface area contributed by atoms with Crippen molar-refractivity contribution in [3.05, 3.63) is 63.8 Å². The zero-order valence-corrected chi connectivity index (χ0v) is 18.8. The number of anilines is 2. The molecule has 0 unspecified atom stereocenters. The number of halogens is 2.